The zero-order valence-electron chi connectivity index (χ0n) is 10.9. The molecular weight excluding hydrogens is 228 g/mol. The van der Waals surface area contributed by atoms with E-state index >= 15 is 0 Å². The van der Waals surface area contributed by atoms with Crippen LogP contribution in [-0.4, -0.2) is 9.55 Å². The molecule has 18 heavy (non-hydrogen) atoms. The van der Waals surface area contributed by atoms with Crippen LogP contribution in [0.2, 0.25) is 0 Å². The van der Waals surface area contributed by atoms with Crippen LogP contribution < -0.4 is 11.3 Å². The fraction of sp³-hybridized carbons (Fsp3) is 0.462. The Morgan fingerprint density at radius 3 is 3.00 bits per heavy atom. The van der Waals surface area contributed by atoms with Crippen molar-refractivity contribution in [1.82, 2.24) is 15.0 Å². The standard InChI is InChI=1S/C13H20N4O/c1-3-6-17-7-5-15-13(17)9-12(16-14)11-4-8-18-10(11)2/h4-5,7-8,12,16H,3,6,9,14H2,1-2H3. The number of rotatable bonds is 6. The summed E-state index contributed by atoms with van der Waals surface area (Å²) in [4.78, 5) is 4.40. The van der Waals surface area contributed by atoms with Gasteiger partial charge in [0.25, 0.3) is 0 Å². The third kappa shape index (κ3) is 2.63. The maximum Gasteiger partial charge on any atom is 0.110 e. The summed E-state index contributed by atoms with van der Waals surface area (Å²) in [5, 5.41) is 0. The van der Waals surface area contributed by atoms with Gasteiger partial charge in [0.15, 0.2) is 0 Å². The molecule has 0 saturated heterocycles. The van der Waals surface area contributed by atoms with Crippen LogP contribution in [0.5, 0.6) is 0 Å². The third-order valence-electron chi connectivity index (χ3n) is 3.13. The van der Waals surface area contributed by atoms with Crippen molar-refractivity contribution in [2.45, 2.75) is 39.3 Å². The minimum Gasteiger partial charge on any atom is -0.469 e. The highest BCUT2D eigenvalue weighted by atomic mass is 16.3. The van der Waals surface area contributed by atoms with Gasteiger partial charge in [-0.25, -0.2) is 4.98 Å². The fourth-order valence-electron chi connectivity index (χ4n) is 2.17. The first-order valence-corrected chi connectivity index (χ1v) is 6.26. The summed E-state index contributed by atoms with van der Waals surface area (Å²) in [6.45, 7) is 5.08. The van der Waals surface area contributed by atoms with Crippen molar-refractivity contribution in [3.05, 3.63) is 41.9 Å². The fourth-order valence-corrected chi connectivity index (χ4v) is 2.17. The molecule has 2 aromatic rings. The second-order valence-corrected chi connectivity index (χ2v) is 4.39. The Bertz CT molecular complexity index is 489. The smallest absolute Gasteiger partial charge is 0.110 e. The minimum atomic E-state index is 0.0294. The molecule has 5 heteroatoms. The number of hydrogen-bond acceptors (Lipinski definition) is 4. The Morgan fingerprint density at radius 1 is 1.56 bits per heavy atom. The van der Waals surface area contributed by atoms with Crippen molar-refractivity contribution in [3.8, 4) is 0 Å². The maximum absolute atomic E-state index is 5.64. The molecule has 0 radical (unpaired) electrons. The number of nitrogens with zero attached hydrogens (tertiary/aromatic N) is 2. The van der Waals surface area contributed by atoms with Gasteiger partial charge < -0.3 is 8.98 Å². The highest BCUT2D eigenvalue weighted by Gasteiger charge is 2.17. The van der Waals surface area contributed by atoms with E-state index in [9.17, 15) is 0 Å². The van der Waals surface area contributed by atoms with Crippen LogP contribution in [-0.2, 0) is 13.0 Å². The molecule has 2 rings (SSSR count). The average Bonchev–Trinajstić information content (AvgIpc) is 2.96. The molecule has 0 saturated carbocycles. The third-order valence-corrected chi connectivity index (χ3v) is 3.13. The largest absolute Gasteiger partial charge is 0.469 e. The van der Waals surface area contributed by atoms with E-state index in [-0.39, 0.29) is 6.04 Å². The average molecular weight is 248 g/mol. The maximum atomic E-state index is 5.64. The van der Waals surface area contributed by atoms with Gasteiger partial charge in [-0.15, -0.1) is 0 Å². The molecule has 2 heterocycles. The van der Waals surface area contributed by atoms with Crippen LogP contribution >= 0.6 is 0 Å². The molecule has 0 bridgehead atoms. The summed E-state index contributed by atoms with van der Waals surface area (Å²) in [6.07, 6.45) is 7.38. The Morgan fingerprint density at radius 2 is 2.39 bits per heavy atom. The van der Waals surface area contributed by atoms with Crippen molar-refractivity contribution >= 4 is 0 Å². The number of aromatic nitrogens is 2. The van der Waals surface area contributed by atoms with E-state index in [4.69, 9.17) is 10.3 Å². The number of hydrazine groups is 1. The summed E-state index contributed by atoms with van der Waals surface area (Å²) < 4.78 is 7.49. The zero-order chi connectivity index (χ0) is 13.0. The molecule has 0 amide bonds. The Balaban J connectivity index is 2.15. The van der Waals surface area contributed by atoms with Gasteiger partial charge in [-0.3, -0.25) is 11.3 Å². The van der Waals surface area contributed by atoms with Gasteiger partial charge in [0.05, 0.1) is 12.3 Å². The lowest BCUT2D eigenvalue weighted by molar-refractivity contribution is 0.488. The Kier molecular flexibility index (Phi) is 4.17. The van der Waals surface area contributed by atoms with Crippen molar-refractivity contribution < 1.29 is 4.42 Å². The number of imidazole rings is 1. The lowest BCUT2D eigenvalue weighted by Gasteiger charge is -2.16. The first-order chi connectivity index (χ1) is 8.76. The molecule has 0 spiro atoms. The van der Waals surface area contributed by atoms with Crippen molar-refractivity contribution in [2.75, 3.05) is 0 Å². The van der Waals surface area contributed by atoms with Crippen molar-refractivity contribution in [3.63, 3.8) is 0 Å². The molecule has 5 nitrogen and oxygen atoms in total. The van der Waals surface area contributed by atoms with Crippen LogP contribution in [0, 0.1) is 6.92 Å². The zero-order valence-corrected chi connectivity index (χ0v) is 10.9. The van der Waals surface area contributed by atoms with E-state index in [2.05, 4.69) is 21.9 Å². The predicted molar refractivity (Wildman–Crippen MR) is 69.7 cm³/mol. The topological polar surface area (TPSA) is 69.0 Å². The number of furan rings is 1. The van der Waals surface area contributed by atoms with Gasteiger partial charge in [-0.05, 0) is 19.4 Å². The van der Waals surface area contributed by atoms with Gasteiger partial charge in [-0.1, -0.05) is 6.92 Å². The number of aryl methyl sites for hydroxylation is 2. The summed E-state index contributed by atoms with van der Waals surface area (Å²) in [7, 11) is 0. The molecular formula is C13H20N4O. The SMILES string of the molecule is CCCn1ccnc1CC(NN)c1ccoc1C. The lowest BCUT2D eigenvalue weighted by Crippen LogP contribution is -2.30. The number of nitrogens with two attached hydrogens (primary N) is 1. The second kappa shape index (κ2) is 5.84. The van der Waals surface area contributed by atoms with E-state index in [0.29, 0.717) is 0 Å². The van der Waals surface area contributed by atoms with Crippen LogP contribution in [0.1, 0.15) is 36.5 Å². The first-order valence-electron chi connectivity index (χ1n) is 6.26. The van der Waals surface area contributed by atoms with Gasteiger partial charge in [0.1, 0.15) is 11.6 Å². The van der Waals surface area contributed by atoms with E-state index in [1.807, 2.05) is 25.4 Å². The van der Waals surface area contributed by atoms with E-state index in [1.54, 1.807) is 6.26 Å². The molecule has 0 aromatic carbocycles. The van der Waals surface area contributed by atoms with E-state index in [1.165, 1.54) is 0 Å². The van der Waals surface area contributed by atoms with E-state index < -0.39 is 0 Å². The van der Waals surface area contributed by atoms with Crippen LogP contribution in [0.25, 0.3) is 0 Å². The van der Waals surface area contributed by atoms with Crippen LogP contribution in [0.15, 0.2) is 29.1 Å². The van der Waals surface area contributed by atoms with Crippen molar-refractivity contribution in [1.29, 1.82) is 0 Å². The van der Waals surface area contributed by atoms with Gasteiger partial charge in [0.2, 0.25) is 0 Å². The molecule has 1 atom stereocenters. The number of nitrogens with one attached hydrogen (secondary N) is 1. The molecule has 0 aliphatic heterocycles. The van der Waals surface area contributed by atoms with Crippen LogP contribution in [0.3, 0.4) is 0 Å². The number of hydrogen-bond donors (Lipinski definition) is 2. The van der Waals surface area contributed by atoms with Gasteiger partial charge in [-0.2, -0.15) is 0 Å². The van der Waals surface area contributed by atoms with Gasteiger partial charge in [0, 0.05) is 30.9 Å². The lowest BCUT2D eigenvalue weighted by atomic mass is 10.1. The summed E-state index contributed by atoms with van der Waals surface area (Å²) in [5.41, 5.74) is 3.93. The molecule has 0 fully saturated rings. The van der Waals surface area contributed by atoms with E-state index in [0.717, 1.165) is 36.5 Å². The molecule has 2 aromatic heterocycles. The molecule has 0 aliphatic rings. The Hall–Kier alpha value is -1.59. The molecule has 0 aliphatic carbocycles. The van der Waals surface area contributed by atoms with Crippen LogP contribution in [0.4, 0.5) is 0 Å². The second-order valence-electron chi connectivity index (χ2n) is 4.39. The summed E-state index contributed by atoms with van der Waals surface area (Å²) in [6, 6.07) is 1.98. The highest BCUT2D eigenvalue weighted by molar-refractivity contribution is 5.21. The normalized spacial score (nSPS) is 12.8. The van der Waals surface area contributed by atoms with Crippen molar-refractivity contribution in [2.24, 2.45) is 5.84 Å². The minimum absolute atomic E-state index is 0.0294. The Labute approximate surface area is 107 Å². The molecule has 1 unspecified atom stereocenters. The predicted octanol–water partition coefficient (Wildman–Crippen LogP) is 1.94. The highest BCUT2D eigenvalue weighted by Crippen LogP contribution is 2.21. The summed E-state index contributed by atoms with van der Waals surface area (Å²) >= 11 is 0. The molecule has 98 valence electrons. The van der Waals surface area contributed by atoms with Gasteiger partial charge >= 0.3 is 0 Å². The summed E-state index contributed by atoms with van der Waals surface area (Å²) in [5.74, 6) is 7.58. The first kappa shape index (κ1) is 12.9. The molecule has 3 N–H and O–H groups in total. The quantitative estimate of drug-likeness (QED) is 0.605. The monoisotopic (exact) mass is 248 g/mol.